The number of nitrogens with zero attached hydrogens (tertiary/aromatic N) is 1. The van der Waals surface area contributed by atoms with Crippen molar-refractivity contribution in [3.63, 3.8) is 0 Å². The molecule has 0 aliphatic carbocycles. The lowest BCUT2D eigenvalue weighted by Gasteiger charge is -2.38. The topological polar surface area (TPSA) is 58.6 Å². The Labute approximate surface area is 128 Å². The van der Waals surface area contributed by atoms with Crippen LogP contribution in [0.15, 0.2) is 27.6 Å². The number of piperazine rings is 1. The van der Waals surface area contributed by atoms with E-state index in [0.29, 0.717) is 23.3 Å². The van der Waals surface area contributed by atoms with Gasteiger partial charge in [0.05, 0.1) is 16.5 Å². The number of benzene rings is 1. The molecule has 2 unspecified atom stereocenters. The maximum absolute atomic E-state index is 12.8. The van der Waals surface area contributed by atoms with Crippen molar-refractivity contribution in [2.75, 3.05) is 20.2 Å². The van der Waals surface area contributed by atoms with Crippen molar-refractivity contribution in [2.45, 2.75) is 30.8 Å². The molecule has 1 aliphatic heterocycles. The highest BCUT2D eigenvalue weighted by atomic mass is 79.9. The van der Waals surface area contributed by atoms with Crippen molar-refractivity contribution in [3.8, 4) is 5.75 Å². The van der Waals surface area contributed by atoms with Gasteiger partial charge in [0.1, 0.15) is 5.75 Å². The molecule has 0 spiro atoms. The first-order chi connectivity index (χ1) is 9.37. The molecule has 1 aliphatic rings. The summed E-state index contributed by atoms with van der Waals surface area (Å²) in [5.74, 6) is 0.616. The normalized spacial score (nSPS) is 24.6. The summed E-state index contributed by atoms with van der Waals surface area (Å²) >= 11 is 3.33. The van der Waals surface area contributed by atoms with Crippen LogP contribution in [-0.2, 0) is 10.0 Å². The summed E-state index contributed by atoms with van der Waals surface area (Å²) in [4.78, 5) is 0.283. The Morgan fingerprint density at radius 1 is 1.30 bits per heavy atom. The third-order valence-electron chi connectivity index (χ3n) is 3.45. The molecule has 1 aromatic rings. The van der Waals surface area contributed by atoms with Gasteiger partial charge in [0, 0.05) is 25.2 Å². The van der Waals surface area contributed by atoms with E-state index in [2.05, 4.69) is 21.2 Å². The summed E-state index contributed by atoms with van der Waals surface area (Å²) in [6.07, 6.45) is 0. The van der Waals surface area contributed by atoms with Gasteiger partial charge in [-0.05, 0) is 48.0 Å². The van der Waals surface area contributed by atoms with E-state index in [1.807, 2.05) is 13.8 Å². The average molecular weight is 363 g/mol. The van der Waals surface area contributed by atoms with E-state index < -0.39 is 10.0 Å². The maximum atomic E-state index is 12.8. The fourth-order valence-corrected chi connectivity index (χ4v) is 5.06. The monoisotopic (exact) mass is 362 g/mol. The molecule has 112 valence electrons. The minimum atomic E-state index is -3.50. The number of hydrogen-bond donors (Lipinski definition) is 1. The molecule has 20 heavy (non-hydrogen) atoms. The minimum absolute atomic E-state index is 0.0652. The van der Waals surface area contributed by atoms with E-state index in [0.717, 1.165) is 0 Å². The Balaban J connectivity index is 2.41. The second-order valence-electron chi connectivity index (χ2n) is 4.99. The number of methoxy groups -OCH3 is 1. The zero-order valence-corrected chi connectivity index (χ0v) is 14.2. The van der Waals surface area contributed by atoms with Crippen molar-refractivity contribution >= 4 is 26.0 Å². The van der Waals surface area contributed by atoms with Crippen LogP contribution in [0, 0.1) is 0 Å². The van der Waals surface area contributed by atoms with Gasteiger partial charge >= 0.3 is 0 Å². The van der Waals surface area contributed by atoms with Gasteiger partial charge in [0.25, 0.3) is 0 Å². The molecule has 1 fully saturated rings. The lowest BCUT2D eigenvalue weighted by atomic mass is 10.2. The molecule has 1 aromatic carbocycles. The molecule has 7 heteroatoms. The fourth-order valence-electron chi connectivity index (χ4n) is 2.52. The molecule has 0 saturated carbocycles. The van der Waals surface area contributed by atoms with Crippen LogP contribution in [0.4, 0.5) is 0 Å². The average Bonchev–Trinajstić information content (AvgIpc) is 2.38. The van der Waals surface area contributed by atoms with E-state index in [1.54, 1.807) is 29.6 Å². The molecule has 1 heterocycles. The first kappa shape index (κ1) is 15.8. The summed E-state index contributed by atoms with van der Waals surface area (Å²) in [5.41, 5.74) is 0. The van der Waals surface area contributed by atoms with E-state index in [9.17, 15) is 8.42 Å². The quantitative estimate of drug-likeness (QED) is 0.890. The highest BCUT2D eigenvalue weighted by Crippen LogP contribution is 2.30. The molecule has 2 atom stereocenters. The molecular formula is C13H19BrN2O3S. The van der Waals surface area contributed by atoms with Crippen molar-refractivity contribution in [1.82, 2.24) is 9.62 Å². The molecule has 0 bridgehead atoms. The lowest BCUT2D eigenvalue weighted by Crippen LogP contribution is -2.57. The third kappa shape index (κ3) is 2.86. The first-order valence-corrected chi connectivity index (χ1v) is 8.69. The summed E-state index contributed by atoms with van der Waals surface area (Å²) in [5, 5.41) is 3.23. The molecule has 1 saturated heterocycles. The number of sulfonamides is 1. The Bertz CT molecular complexity index is 581. The summed E-state index contributed by atoms with van der Waals surface area (Å²) < 4.78 is 32.9. The summed E-state index contributed by atoms with van der Waals surface area (Å²) in [6, 6.07) is 4.71. The number of ether oxygens (including phenoxy) is 1. The van der Waals surface area contributed by atoms with Gasteiger partial charge in [0.15, 0.2) is 0 Å². The van der Waals surface area contributed by atoms with Gasteiger partial charge in [-0.2, -0.15) is 4.31 Å². The Kier molecular flexibility index (Phi) is 4.73. The minimum Gasteiger partial charge on any atom is -0.496 e. The predicted molar refractivity (Wildman–Crippen MR) is 81.5 cm³/mol. The van der Waals surface area contributed by atoms with E-state index in [1.165, 1.54) is 0 Å². The smallest absolute Gasteiger partial charge is 0.243 e. The van der Waals surface area contributed by atoms with Crippen LogP contribution in [0.3, 0.4) is 0 Å². The zero-order valence-electron chi connectivity index (χ0n) is 11.8. The number of rotatable bonds is 3. The first-order valence-electron chi connectivity index (χ1n) is 6.45. The van der Waals surface area contributed by atoms with E-state index in [-0.39, 0.29) is 17.0 Å². The number of nitrogens with one attached hydrogen (secondary N) is 1. The molecule has 2 rings (SSSR count). The van der Waals surface area contributed by atoms with Crippen LogP contribution >= 0.6 is 15.9 Å². The van der Waals surface area contributed by atoms with Crippen LogP contribution in [0.2, 0.25) is 0 Å². The van der Waals surface area contributed by atoms with Crippen molar-refractivity contribution in [2.24, 2.45) is 0 Å². The van der Waals surface area contributed by atoms with E-state index in [4.69, 9.17) is 4.74 Å². The lowest BCUT2D eigenvalue weighted by molar-refractivity contribution is 0.220. The van der Waals surface area contributed by atoms with Crippen LogP contribution in [0.25, 0.3) is 0 Å². The molecule has 0 aromatic heterocycles. The van der Waals surface area contributed by atoms with Gasteiger partial charge < -0.3 is 10.1 Å². The predicted octanol–water partition coefficient (Wildman–Crippen LogP) is 1.83. The second kappa shape index (κ2) is 6.01. The van der Waals surface area contributed by atoms with Gasteiger partial charge in [-0.15, -0.1) is 0 Å². The van der Waals surface area contributed by atoms with Crippen molar-refractivity contribution in [1.29, 1.82) is 0 Å². The zero-order chi connectivity index (χ0) is 14.9. The van der Waals surface area contributed by atoms with Crippen molar-refractivity contribution < 1.29 is 13.2 Å². The third-order valence-corrected chi connectivity index (χ3v) is 6.19. The van der Waals surface area contributed by atoms with Crippen LogP contribution < -0.4 is 10.1 Å². The standard InChI is InChI=1S/C13H19BrN2O3S/c1-9-7-15-8-10(2)16(9)20(17,18)11-4-5-13(19-3)12(14)6-11/h4-6,9-10,15H,7-8H2,1-3H3. The second-order valence-corrected chi connectivity index (χ2v) is 7.69. The molecule has 0 radical (unpaired) electrons. The molecule has 1 N–H and O–H groups in total. The highest BCUT2D eigenvalue weighted by Gasteiger charge is 2.35. The molecule has 5 nitrogen and oxygen atoms in total. The van der Waals surface area contributed by atoms with Gasteiger partial charge in [-0.1, -0.05) is 0 Å². The van der Waals surface area contributed by atoms with Crippen LogP contribution in [-0.4, -0.2) is 45.0 Å². The van der Waals surface area contributed by atoms with Gasteiger partial charge in [-0.25, -0.2) is 8.42 Å². The number of halogens is 1. The Morgan fingerprint density at radius 3 is 2.40 bits per heavy atom. The van der Waals surface area contributed by atoms with Gasteiger partial charge in [-0.3, -0.25) is 0 Å². The molecular weight excluding hydrogens is 344 g/mol. The largest absolute Gasteiger partial charge is 0.496 e. The van der Waals surface area contributed by atoms with Crippen LogP contribution in [0.1, 0.15) is 13.8 Å². The maximum Gasteiger partial charge on any atom is 0.243 e. The fraction of sp³-hybridized carbons (Fsp3) is 0.538. The number of hydrogen-bond acceptors (Lipinski definition) is 4. The van der Waals surface area contributed by atoms with Crippen LogP contribution in [0.5, 0.6) is 5.75 Å². The molecule has 0 amide bonds. The Morgan fingerprint density at radius 2 is 1.90 bits per heavy atom. The SMILES string of the molecule is COc1ccc(S(=O)(=O)N2C(C)CNCC2C)cc1Br. The van der Waals surface area contributed by atoms with Crippen molar-refractivity contribution in [3.05, 3.63) is 22.7 Å². The Hall–Kier alpha value is -0.630. The van der Waals surface area contributed by atoms with E-state index >= 15 is 0 Å². The highest BCUT2D eigenvalue weighted by molar-refractivity contribution is 9.10. The summed E-state index contributed by atoms with van der Waals surface area (Å²) in [6.45, 7) is 5.17. The summed E-state index contributed by atoms with van der Waals surface area (Å²) in [7, 11) is -1.95. The van der Waals surface area contributed by atoms with Gasteiger partial charge in [0.2, 0.25) is 10.0 Å².